The molecule has 0 bridgehead atoms. The Morgan fingerprint density at radius 2 is 1.68 bits per heavy atom. The van der Waals surface area contributed by atoms with Gasteiger partial charge in [0, 0.05) is 0 Å². The molecule has 0 heterocycles. The lowest BCUT2D eigenvalue weighted by atomic mass is 9.82. The monoisotopic (exact) mass is 278 g/mol. The quantitative estimate of drug-likeness (QED) is 0.589. The Morgan fingerprint density at radius 3 is 2.11 bits per heavy atom. The van der Waals surface area contributed by atoms with Crippen molar-refractivity contribution in [2.45, 2.75) is 52.2 Å². The largest absolute Gasteiger partial charge is 0.466 e. The van der Waals surface area contributed by atoms with Crippen LogP contribution in [0.3, 0.4) is 0 Å². The van der Waals surface area contributed by atoms with Crippen molar-refractivity contribution in [2.75, 3.05) is 6.23 Å². The first kappa shape index (κ1) is 16.0. The summed E-state index contributed by atoms with van der Waals surface area (Å²) in [5.41, 5.74) is 2.06. The first-order valence-corrected chi connectivity index (χ1v) is 10.6. The Kier molecular flexibility index (Phi) is 4.96. The molecule has 0 amide bonds. The summed E-state index contributed by atoms with van der Waals surface area (Å²) in [6.07, 6.45) is 1.65. The zero-order valence-electron chi connectivity index (χ0n) is 13.0. The Balaban J connectivity index is 2.74. The van der Waals surface area contributed by atoms with E-state index in [4.69, 9.17) is 4.74 Å². The summed E-state index contributed by atoms with van der Waals surface area (Å²) in [6.45, 7) is 13.2. The molecule has 19 heavy (non-hydrogen) atoms. The van der Waals surface area contributed by atoms with E-state index in [0.29, 0.717) is 11.8 Å². The van der Waals surface area contributed by atoms with E-state index in [1.54, 1.807) is 0 Å². The van der Waals surface area contributed by atoms with Gasteiger partial charge in [-0.1, -0.05) is 52.5 Å². The fourth-order valence-corrected chi connectivity index (χ4v) is 2.19. The SMILES string of the molecule is CCC(C)(C)c1ccc(C(=O)OC[Si](C)(C)C)cc1. The molecule has 0 atom stereocenters. The minimum Gasteiger partial charge on any atom is -0.466 e. The smallest absolute Gasteiger partial charge is 0.337 e. The molecule has 2 nitrogen and oxygen atoms in total. The van der Waals surface area contributed by atoms with E-state index in [-0.39, 0.29) is 11.4 Å². The molecule has 0 aliphatic heterocycles. The molecular weight excluding hydrogens is 252 g/mol. The van der Waals surface area contributed by atoms with Gasteiger partial charge in [0.2, 0.25) is 0 Å². The Morgan fingerprint density at radius 1 is 1.16 bits per heavy atom. The third-order valence-electron chi connectivity index (χ3n) is 3.42. The predicted octanol–water partition coefficient (Wildman–Crippen LogP) is 4.41. The first-order chi connectivity index (χ1) is 8.65. The van der Waals surface area contributed by atoms with Crippen LogP contribution in [0.5, 0.6) is 0 Å². The van der Waals surface area contributed by atoms with Gasteiger partial charge in [0.15, 0.2) is 0 Å². The van der Waals surface area contributed by atoms with E-state index in [2.05, 4.69) is 40.4 Å². The Bertz CT molecular complexity index is 427. The summed E-state index contributed by atoms with van der Waals surface area (Å²) >= 11 is 0. The maximum absolute atomic E-state index is 11.9. The van der Waals surface area contributed by atoms with Gasteiger partial charge in [-0.25, -0.2) is 4.79 Å². The average Bonchev–Trinajstić information content (AvgIpc) is 2.35. The summed E-state index contributed by atoms with van der Waals surface area (Å²) in [4.78, 5) is 11.9. The average molecular weight is 278 g/mol. The lowest BCUT2D eigenvalue weighted by Crippen LogP contribution is -2.29. The summed E-state index contributed by atoms with van der Waals surface area (Å²) in [6, 6.07) is 7.82. The van der Waals surface area contributed by atoms with Crippen LogP contribution in [0.1, 0.15) is 43.1 Å². The van der Waals surface area contributed by atoms with Gasteiger partial charge in [0.25, 0.3) is 0 Å². The van der Waals surface area contributed by atoms with E-state index in [1.165, 1.54) is 5.56 Å². The number of carbonyl (C=O) groups excluding carboxylic acids is 1. The molecule has 1 aromatic carbocycles. The van der Waals surface area contributed by atoms with Gasteiger partial charge >= 0.3 is 5.97 Å². The number of carbonyl (C=O) groups is 1. The summed E-state index contributed by atoms with van der Waals surface area (Å²) in [5, 5.41) is 0. The van der Waals surface area contributed by atoms with Crippen LogP contribution in [0.2, 0.25) is 19.6 Å². The number of ether oxygens (including phenoxy) is 1. The van der Waals surface area contributed by atoms with Crippen molar-refractivity contribution in [1.82, 2.24) is 0 Å². The molecule has 0 aromatic heterocycles. The van der Waals surface area contributed by atoms with Gasteiger partial charge < -0.3 is 4.74 Å². The van der Waals surface area contributed by atoms with Crippen LogP contribution < -0.4 is 0 Å². The molecule has 1 aromatic rings. The van der Waals surface area contributed by atoms with Crippen molar-refractivity contribution in [3.8, 4) is 0 Å². The van der Waals surface area contributed by atoms with Crippen molar-refractivity contribution in [2.24, 2.45) is 0 Å². The van der Waals surface area contributed by atoms with Crippen molar-refractivity contribution in [1.29, 1.82) is 0 Å². The molecular formula is C16H26O2Si. The van der Waals surface area contributed by atoms with E-state index in [1.807, 2.05) is 24.3 Å². The maximum Gasteiger partial charge on any atom is 0.337 e. The summed E-state index contributed by atoms with van der Waals surface area (Å²) in [7, 11) is -1.34. The Labute approximate surface area is 118 Å². The van der Waals surface area contributed by atoms with Gasteiger partial charge in [-0.3, -0.25) is 0 Å². The molecule has 0 unspecified atom stereocenters. The fourth-order valence-electron chi connectivity index (χ4n) is 1.63. The first-order valence-electron chi connectivity index (χ1n) is 6.93. The number of benzene rings is 1. The topological polar surface area (TPSA) is 26.3 Å². The summed E-state index contributed by atoms with van der Waals surface area (Å²) < 4.78 is 5.37. The standard InChI is InChI=1S/C16H26O2Si/c1-7-16(2,3)14-10-8-13(9-11-14)15(17)18-12-19(4,5)6/h8-11H,7,12H2,1-6H3. The molecule has 0 saturated carbocycles. The van der Waals surface area contributed by atoms with Crippen LogP contribution in [0.25, 0.3) is 0 Å². The molecule has 106 valence electrons. The van der Waals surface area contributed by atoms with Crippen LogP contribution in [0, 0.1) is 0 Å². The number of rotatable bonds is 5. The minimum absolute atomic E-state index is 0.154. The highest BCUT2D eigenvalue weighted by Crippen LogP contribution is 2.26. The van der Waals surface area contributed by atoms with E-state index >= 15 is 0 Å². The van der Waals surface area contributed by atoms with Crippen LogP contribution in [-0.2, 0) is 10.2 Å². The van der Waals surface area contributed by atoms with Gasteiger partial charge in [0.1, 0.15) is 0 Å². The molecule has 0 fully saturated rings. The van der Waals surface area contributed by atoms with Crippen molar-refractivity contribution in [3.63, 3.8) is 0 Å². The molecule has 0 N–H and O–H groups in total. The van der Waals surface area contributed by atoms with E-state index in [0.717, 1.165) is 6.42 Å². The molecule has 3 heteroatoms. The fraction of sp³-hybridized carbons (Fsp3) is 0.562. The lowest BCUT2D eigenvalue weighted by Gasteiger charge is -2.23. The highest BCUT2D eigenvalue weighted by molar-refractivity contribution is 6.76. The van der Waals surface area contributed by atoms with Gasteiger partial charge in [-0.05, 0) is 29.5 Å². The Hall–Kier alpha value is -1.09. The van der Waals surface area contributed by atoms with Gasteiger partial charge in [0.05, 0.1) is 19.9 Å². The molecule has 1 rings (SSSR count). The molecule has 0 radical (unpaired) electrons. The highest BCUT2D eigenvalue weighted by atomic mass is 28.3. The zero-order chi connectivity index (χ0) is 14.7. The number of hydrogen-bond acceptors (Lipinski definition) is 2. The molecule has 0 aliphatic rings. The normalized spacial score (nSPS) is 12.3. The van der Waals surface area contributed by atoms with Crippen LogP contribution in [0.4, 0.5) is 0 Å². The predicted molar refractivity (Wildman–Crippen MR) is 83.4 cm³/mol. The van der Waals surface area contributed by atoms with Crippen molar-refractivity contribution < 1.29 is 9.53 Å². The van der Waals surface area contributed by atoms with Crippen LogP contribution in [-0.4, -0.2) is 20.3 Å². The highest BCUT2D eigenvalue weighted by Gasteiger charge is 2.20. The number of hydrogen-bond donors (Lipinski definition) is 0. The van der Waals surface area contributed by atoms with Crippen molar-refractivity contribution in [3.05, 3.63) is 35.4 Å². The lowest BCUT2D eigenvalue weighted by molar-refractivity contribution is 0.0565. The molecule has 0 saturated heterocycles. The second kappa shape index (κ2) is 5.91. The van der Waals surface area contributed by atoms with Crippen molar-refractivity contribution >= 4 is 14.0 Å². The minimum atomic E-state index is -1.34. The van der Waals surface area contributed by atoms with Gasteiger partial charge in [-0.15, -0.1) is 0 Å². The third-order valence-corrected chi connectivity index (χ3v) is 4.43. The summed E-state index contributed by atoms with van der Waals surface area (Å²) in [5.74, 6) is -0.205. The molecule has 0 aliphatic carbocycles. The van der Waals surface area contributed by atoms with Crippen LogP contribution in [0.15, 0.2) is 24.3 Å². The molecule has 0 spiro atoms. The third kappa shape index (κ3) is 4.82. The second-order valence-corrected chi connectivity index (χ2v) is 12.4. The maximum atomic E-state index is 11.9. The van der Waals surface area contributed by atoms with E-state index < -0.39 is 8.07 Å². The van der Waals surface area contributed by atoms with Gasteiger partial charge in [-0.2, -0.15) is 0 Å². The number of esters is 1. The zero-order valence-corrected chi connectivity index (χ0v) is 14.0. The van der Waals surface area contributed by atoms with E-state index in [9.17, 15) is 4.79 Å². The van der Waals surface area contributed by atoms with Crippen LogP contribution >= 0.6 is 0 Å². The second-order valence-electron chi connectivity index (χ2n) is 6.95.